The number of amides is 1. The van der Waals surface area contributed by atoms with E-state index in [1.807, 2.05) is 51.1 Å². The third-order valence-electron chi connectivity index (χ3n) is 7.83. The zero-order chi connectivity index (χ0) is 30.0. The van der Waals surface area contributed by atoms with Gasteiger partial charge in [0.1, 0.15) is 23.4 Å². The molecule has 1 aliphatic carbocycles. The number of pyridine rings is 1. The number of carbonyl (C=O) groups excluding carboxylic acids is 1. The van der Waals surface area contributed by atoms with E-state index in [2.05, 4.69) is 40.5 Å². The Morgan fingerprint density at radius 2 is 1.91 bits per heavy atom. The Bertz CT molecular complexity index is 1590. The van der Waals surface area contributed by atoms with Gasteiger partial charge in [0, 0.05) is 51.0 Å². The van der Waals surface area contributed by atoms with Gasteiger partial charge in [0.15, 0.2) is 11.6 Å². The van der Waals surface area contributed by atoms with Crippen molar-refractivity contribution >= 4 is 34.7 Å². The Kier molecular flexibility index (Phi) is 8.11. The first-order chi connectivity index (χ1) is 20.7. The van der Waals surface area contributed by atoms with E-state index in [1.54, 1.807) is 11.1 Å². The Balaban J connectivity index is 1.08. The lowest BCUT2D eigenvalue weighted by molar-refractivity contribution is 0.0139. The van der Waals surface area contributed by atoms with Crippen molar-refractivity contribution in [1.82, 2.24) is 34.7 Å². The normalized spacial score (nSPS) is 16.2. The van der Waals surface area contributed by atoms with Gasteiger partial charge in [0.05, 0.1) is 11.0 Å². The van der Waals surface area contributed by atoms with Gasteiger partial charge < -0.3 is 25.3 Å². The summed E-state index contributed by atoms with van der Waals surface area (Å²) in [5, 5.41) is 6.41. The molecule has 1 amide bonds. The lowest BCUT2D eigenvalue weighted by Gasteiger charge is -2.35. The van der Waals surface area contributed by atoms with Gasteiger partial charge in [0.25, 0.3) is 0 Å². The number of hydrogen-bond acceptors (Lipinski definition) is 9. The van der Waals surface area contributed by atoms with Crippen LogP contribution in [0.2, 0.25) is 0 Å². The summed E-state index contributed by atoms with van der Waals surface area (Å²) in [6.07, 6.45) is 6.49. The van der Waals surface area contributed by atoms with Crippen LogP contribution in [0.5, 0.6) is 0 Å². The number of piperazine rings is 1. The third-order valence-corrected chi connectivity index (χ3v) is 7.83. The van der Waals surface area contributed by atoms with Crippen molar-refractivity contribution in [3.8, 4) is 11.3 Å². The van der Waals surface area contributed by atoms with Crippen LogP contribution in [0.1, 0.15) is 45.6 Å². The molecule has 1 aliphatic heterocycles. The number of H-pyrrole nitrogens is 1. The van der Waals surface area contributed by atoms with E-state index in [9.17, 15) is 4.79 Å². The SMILES string of the molecule is CC(C)(C)OC(=O)N1CCN(Cc2ccnc(Nc3nc4ccc(-c5ncnc(NCC6CCC6)c5F)cc4[nH]3)c2)CC1. The molecule has 1 saturated carbocycles. The maximum atomic E-state index is 15.3. The van der Waals surface area contributed by atoms with Gasteiger partial charge in [-0.05, 0) is 69.4 Å². The van der Waals surface area contributed by atoms with E-state index in [4.69, 9.17) is 4.74 Å². The quantitative estimate of drug-likeness (QED) is 0.243. The zero-order valence-electron chi connectivity index (χ0n) is 24.9. The zero-order valence-corrected chi connectivity index (χ0v) is 24.9. The minimum atomic E-state index is -0.498. The molecule has 0 radical (unpaired) electrons. The molecule has 3 aromatic heterocycles. The Morgan fingerprint density at radius 1 is 1.09 bits per heavy atom. The summed E-state index contributed by atoms with van der Waals surface area (Å²) in [5.74, 6) is 1.56. The first-order valence-electron chi connectivity index (χ1n) is 14.9. The van der Waals surface area contributed by atoms with Crippen LogP contribution in [0.4, 0.5) is 26.8 Å². The monoisotopic (exact) mass is 587 g/mol. The van der Waals surface area contributed by atoms with Gasteiger partial charge >= 0.3 is 6.09 Å². The number of nitrogens with zero attached hydrogens (tertiary/aromatic N) is 6. The largest absolute Gasteiger partial charge is 0.444 e. The average Bonchev–Trinajstić information content (AvgIpc) is 3.34. The van der Waals surface area contributed by atoms with Crippen LogP contribution >= 0.6 is 0 Å². The summed E-state index contributed by atoms with van der Waals surface area (Å²) in [7, 11) is 0. The van der Waals surface area contributed by atoms with Crippen LogP contribution in [-0.4, -0.2) is 79.1 Å². The van der Waals surface area contributed by atoms with E-state index in [0.717, 1.165) is 42.8 Å². The van der Waals surface area contributed by atoms with Crippen molar-refractivity contribution in [2.75, 3.05) is 43.4 Å². The third kappa shape index (κ3) is 7.02. The molecule has 0 spiro atoms. The van der Waals surface area contributed by atoms with Crippen LogP contribution < -0.4 is 10.6 Å². The number of hydrogen-bond donors (Lipinski definition) is 3. The number of benzene rings is 1. The molecule has 226 valence electrons. The second-order valence-corrected chi connectivity index (χ2v) is 12.3. The van der Waals surface area contributed by atoms with Crippen molar-refractivity contribution in [1.29, 1.82) is 0 Å². The number of nitrogens with one attached hydrogen (secondary N) is 3. The second kappa shape index (κ2) is 12.1. The van der Waals surface area contributed by atoms with Crippen LogP contribution in [0.15, 0.2) is 42.9 Å². The summed E-state index contributed by atoms with van der Waals surface area (Å²) >= 11 is 0. The minimum absolute atomic E-state index is 0.236. The van der Waals surface area contributed by atoms with Crippen LogP contribution in [0.3, 0.4) is 0 Å². The maximum Gasteiger partial charge on any atom is 0.410 e. The first-order valence-corrected chi connectivity index (χ1v) is 14.9. The van der Waals surface area contributed by atoms with Crippen molar-refractivity contribution in [2.24, 2.45) is 5.92 Å². The predicted molar refractivity (Wildman–Crippen MR) is 164 cm³/mol. The number of aromatic nitrogens is 5. The molecule has 4 heterocycles. The van der Waals surface area contributed by atoms with Gasteiger partial charge in [-0.15, -0.1) is 0 Å². The lowest BCUT2D eigenvalue weighted by atomic mass is 9.85. The number of fused-ring (bicyclic) bond motifs is 1. The molecule has 3 N–H and O–H groups in total. The number of carbonyl (C=O) groups is 1. The molecule has 2 fully saturated rings. The molecule has 12 heteroatoms. The van der Waals surface area contributed by atoms with E-state index < -0.39 is 11.4 Å². The maximum absolute atomic E-state index is 15.3. The van der Waals surface area contributed by atoms with Crippen LogP contribution in [0.25, 0.3) is 22.3 Å². The first kappa shape index (κ1) is 28.8. The van der Waals surface area contributed by atoms with Crippen LogP contribution in [-0.2, 0) is 11.3 Å². The van der Waals surface area contributed by atoms with Gasteiger partial charge in [-0.3, -0.25) is 4.90 Å². The second-order valence-electron chi connectivity index (χ2n) is 12.3. The van der Waals surface area contributed by atoms with E-state index in [-0.39, 0.29) is 17.6 Å². The number of aromatic amines is 1. The highest BCUT2D eigenvalue weighted by molar-refractivity contribution is 5.83. The number of anilines is 3. The molecular weight excluding hydrogens is 549 g/mol. The predicted octanol–water partition coefficient (Wildman–Crippen LogP) is 5.56. The summed E-state index contributed by atoms with van der Waals surface area (Å²) in [4.78, 5) is 37.2. The van der Waals surface area contributed by atoms with Crippen molar-refractivity contribution in [3.63, 3.8) is 0 Å². The summed E-state index contributed by atoms with van der Waals surface area (Å²) in [6.45, 7) is 9.89. The van der Waals surface area contributed by atoms with Crippen molar-refractivity contribution in [3.05, 3.63) is 54.2 Å². The molecule has 0 bridgehead atoms. The molecule has 0 unspecified atom stereocenters. The highest BCUT2D eigenvalue weighted by Crippen LogP contribution is 2.30. The molecule has 4 aromatic rings. The molecule has 43 heavy (non-hydrogen) atoms. The number of ether oxygens (including phenoxy) is 1. The fourth-order valence-electron chi connectivity index (χ4n) is 5.28. The number of rotatable bonds is 8. The van der Waals surface area contributed by atoms with E-state index in [0.29, 0.717) is 36.3 Å². The summed E-state index contributed by atoms with van der Waals surface area (Å²) < 4.78 is 20.8. The Hall–Kier alpha value is -4.32. The van der Waals surface area contributed by atoms with Gasteiger partial charge in [-0.25, -0.2) is 29.1 Å². The fourth-order valence-corrected chi connectivity index (χ4v) is 5.28. The van der Waals surface area contributed by atoms with Gasteiger partial charge in [-0.2, -0.15) is 0 Å². The molecule has 1 saturated heterocycles. The van der Waals surface area contributed by atoms with Crippen molar-refractivity contribution < 1.29 is 13.9 Å². The highest BCUT2D eigenvalue weighted by Gasteiger charge is 2.26. The fraction of sp³-hybridized carbons (Fsp3) is 0.452. The lowest BCUT2D eigenvalue weighted by Crippen LogP contribution is -2.49. The standard InChI is InChI=1S/C31H38FN9O2/c1-31(2,3)43-30(42)41-13-11-40(12-14-41)18-21-9-10-33-25(15-21)39-29-37-23-8-7-22(16-24(23)38-29)27-26(32)28(36-19-35-27)34-17-20-5-4-6-20/h7-10,15-16,19-20H,4-6,11-14,17-18H2,1-3H3,(H,34,35,36)(H2,33,37,38,39). The number of imidazole rings is 1. The topological polar surface area (TPSA) is 124 Å². The highest BCUT2D eigenvalue weighted by atomic mass is 19.1. The Morgan fingerprint density at radius 3 is 2.65 bits per heavy atom. The Labute approximate surface area is 250 Å². The average molecular weight is 588 g/mol. The molecular formula is C31H38FN9O2. The van der Waals surface area contributed by atoms with Crippen LogP contribution in [0, 0.1) is 11.7 Å². The molecule has 6 rings (SSSR count). The van der Waals surface area contributed by atoms with E-state index >= 15 is 4.39 Å². The van der Waals surface area contributed by atoms with Gasteiger partial charge in [-0.1, -0.05) is 12.5 Å². The summed E-state index contributed by atoms with van der Waals surface area (Å²) in [6, 6.07) is 9.48. The van der Waals surface area contributed by atoms with Gasteiger partial charge in [0.2, 0.25) is 5.95 Å². The molecule has 1 aromatic carbocycles. The smallest absolute Gasteiger partial charge is 0.410 e. The molecule has 2 aliphatic rings. The minimum Gasteiger partial charge on any atom is -0.444 e. The number of halogens is 1. The van der Waals surface area contributed by atoms with E-state index in [1.165, 1.54) is 25.6 Å². The molecule has 0 atom stereocenters. The summed E-state index contributed by atoms with van der Waals surface area (Å²) in [5.41, 5.74) is 2.98. The molecule has 11 nitrogen and oxygen atoms in total. The van der Waals surface area contributed by atoms with Crippen molar-refractivity contribution in [2.45, 2.75) is 52.2 Å².